The molecule has 0 radical (unpaired) electrons. The Balaban J connectivity index is 0.00000240. The molecule has 1 N–H and O–H groups in total. The Morgan fingerprint density at radius 1 is 0.759 bits per heavy atom. The lowest BCUT2D eigenvalue weighted by Gasteiger charge is -2.43. The maximum Gasteiger partial charge on any atom is 0.144 e. The molecule has 1 aliphatic heterocycles. The molecule has 1 heterocycles. The van der Waals surface area contributed by atoms with E-state index >= 15 is 0 Å². The number of halogens is 1. The summed E-state index contributed by atoms with van der Waals surface area (Å²) in [5, 5.41) is 11.9. The van der Waals surface area contributed by atoms with Crippen molar-refractivity contribution in [1.82, 2.24) is 4.90 Å². The molecule has 4 rings (SSSR count). The normalized spacial score (nSPS) is 20.6. The maximum atomic E-state index is 11.9. The molecule has 1 aliphatic carbocycles. The summed E-state index contributed by atoms with van der Waals surface area (Å²) in [6.07, 6.45) is 12.6. The first-order chi connectivity index (χ1) is 13.8. The Bertz CT molecular complexity index is 720. The Kier molecular flexibility index (Phi) is 8.17. The van der Waals surface area contributed by atoms with Crippen molar-refractivity contribution < 1.29 is 5.11 Å². The average Bonchev–Trinajstić information content (AvgIpc) is 2.79. The predicted octanol–water partition coefficient (Wildman–Crippen LogP) is 6.77. The maximum absolute atomic E-state index is 11.9. The van der Waals surface area contributed by atoms with Gasteiger partial charge in [0.15, 0.2) is 0 Å². The zero-order valence-corrected chi connectivity index (χ0v) is 18.4. The molecule has 3 heteroatoms. The number of nitrogens with zero attached hydrogens (tertiary/aromatic N) is 1. The summed E-state index contributed by atoms with van der Waals surface area (Å²) in [6, 6.07) is 19.2. The zero-order valence-electron chi connectivity index (χ0n) is 17.6. The highest BCUT2D eigenvalue weighted by atomic mass is 35.5. The second kappa shape index (κ2) is 10.6. The molecule has 0 amide bonds. The molecule has 1 unspecified atom stereocenters. The fourth-order valence-electron chi connectivity index (χ4n) is 5.19. The highest BCUT2D eigenvalue weighted by Gasteiger charge is 2.37. The third kappa shape index (κ3) is 5.42. The van der Waals surface area contributed by atoms with Gasteiger partial charge in [0.25, 0.3) is 0 Å². The van der Waals surface area contributed by atoms with Crippen molar-refractivity contribution in [2.45, 2.75) is 69.9 Å². The average molecular weight is 414 g/mol. The lowest BCUT2D eigenvalue weighted by molar-refractivity contribution is -0.133. The number of hydrogen-bond donors (Lipinski definition) is 1. The van der Waals surface area contributed by atoms with E-state index in [4.69, 9.17) is 0 Å². The van der Waals surface area contributed by atoms with Gasteiger partial charge in [-0.15, -0.1) is 12.4 Å². The van der Waals surface area contributed by atoms with Crippen molar-refractivity contribution >= 4 is 12.4 Å². The van der Waals surface area contributed by atoms with Gasteiger partial charge in [0, 0.05) is 13.1 Å². The Morgan fingerprint density at radius 3 is 2.00 bits per heavy atom. The minimum Gasteiger partial charge on any atom is -0.371 e. The Morgan fingerprint density at radius 2 is 1.34 bits per heavy atom. The van der Waals surface area contributed by atoms with Crippen LogP contribution in [0.5, 0.6) is 0 Å². The molecule has 2 nitrogen and oxygen atoms in total. The number of likely N-dealkylation sites (tertiary alicyclic amines) is 1. The third-order valence-electron chi connectivity index (χ3n) is 6.96. The van der Waals surface area contributed by atoms with Gasteiger partial charge in [0.05, 0.1) is 0 Å². The standard InChI is InChI=1S/C26H35NO.ClH/c28-26(27-20-8-3-9-21-27,19-18-22-10-4-1-5-11-22)25-16-14-24(15-17-25)23-12-6-2-7-13-23;/h2,6-7,12-17,22,28H,1,3-5,8-11,18-21H2;1H. The lowest BCUT2D eigenvalue weighted by Crippen LogP contribution is -2.49. The van der Waals surface area contributed by atoms with Crippen LogP contribution in [0.3, 0.4) is 0 Å². The van der Waals surface area contributed by atoms with Gasteiger partial charge in [0.2, 0.25) is 0 Å². The van der Waals surface area contributed by atoms with E-state index < -0.39 is 5.72 Å². The van der Waals surface area contributed by atoms with Crippen molar-refractivity contribution in [3.63, 3.8) is 0 Å². The van der Waals surface area contributed by atoms with E-state index in [1.165, 1.54) is 62.5 Å². The second-order valence-electron chi connectivity index (χ2n) is 8.85. The molecule has 2 aromatic rings. The molecule has 1 saturated carbocycles. The number of hydrogen-bond acceptors (Lipinski definition) is 2. The summed E-state index contributed by atoms with van der Waals surface area (Å²) in [5.41, 5.74) is 2.72. The minimum absolute atomic E-state index is 0. The van der Waals surface area contributed by atoms with Crippen LogP contribution in [-0.4, -0.2) is 23.1 Å². The quantitative estimate of drug-likeness (QED) is 0.564. The van der Waals surface area contributed by atoms with Crippen molar-refractivity contribution in [3.8, 4) is 11.1 Å². The van der Waals surface area contributed by atoms with Crippen molar-refractivity contribution in [1.29, 1.82) is 0 Å². The van der Waals surface area contributed by atoms with Gasteiger partial charge in [-0.2, -0.15) is 0 Å². The van der Waals surface area contributed by atoms with Crippen LogP contribution in [0.15, 0.2) is 54.6 Å². The topological polar surface area (TPSA) is 23.5 Å². The number of piperidine rings is 1. The molecule has 1 atom stereocenters. The zero-order chi connectivity index (χ0) is 19.2. The van der Waals surface area contributed by atoms with Gasteiger partial charge < -0.3 is 5.11 Å². The molecule has 1 saturated heterocycles. The summed E-state index contributed by atoms with van der Waals surface area (Å²) < 4.78 is 0. The first kappa shape index (κ1) is 22.3. The minimum atomic E-state index is -0.812. The fourth-order valence-corrected chi connectivity index (χ4v) is 5.19. The molecule has 0 spiro atoms. The van der Waals surface area contributed by atoms with Gasteiger partial charge in [0.1, 0.15) is 5.72 Å². The van der Waals surface area contributed by atoms with Gasteiger partial charge in [-0.05, 0) is 48.3 Å². The lowest BCUT2D eigenvalue weighted by atomic mass is 9.82. The summed E-state index contributed by atoms with van der Waals surface area (Å²) in [5.74, 6) is 0.800. The fraction of sp³-hybridized carbons (Fsp3) is 0.538. The molecule has 0 bridgehead atoms. The summed E-state index contributed by atoms with van der Waals surface area (Å²) in [7, 11) is 0. The Labute approximate surface area is 182 Å². The second-order valence-corrected chi connectivity index (χ2v) is 8.85. The SMILES string of the molecule is Cl.OC(CCC1CCCCC1)(c1ccc(-c2ccccc2)cc1)N1CCCCC1. The molecular formula is C26H36ClNO. The van der Waals surface area contributed by atoms with Crippen LogP contribution < -0.4 is 0 Å². The largest absolute Gasteiger partial charge is 0.371 e. The van der Waals surface area contributed by atoms with Crippen LogP contribution >= 0.6 is 12.4 Å². The number of aliphatic hydroxyl groups is 1. The summed E-state index contributed by atoms with van der Waals surface area (Å²) in [4.78, 5) is 2.36. The van der Waals surface area contributed by atoms with Gasteiger partial charge in [-0.3, -0.25) is 4.90 Å². The number of benzene rings is 2. The molecule has 158 valence electrons. The molecule has 2 aliphatic rings. The molecule has 29 heavy (non-hydrogen) atoms. The highest BCUT2D eigenvalue weighted by molar-refractivity contribution is 5.85. The van der Waals surface area contributed by atoms with Crippen LogP contribution in [0.1, 0.15) is 69.8 Å². The summed E-state index contributed by atoms with van der Waals surface area (Å²) in [6.45, 7) is 2.03. The van der Waals surface area contributed by atoms with Gasteiger partial charge in [-0.1, -0.05) is 93.1 Å². The Hall–Kier alpha value is -1.35. The molecular weight excluding hydrogens is 378 g/mol. The third-order valence-corrected chi connectivity index (χ3v) is 6.96. The van der Waals surface area contributed by atoms with E-state index in [2.05, 4.69) is 59.5 Å². The molecule has 2 aromatic carbocycles. The van der Waals surface area contributed by atoms with E-state index in [0.717, 1.165) is 37.4 Å². The highest BCUT2D eigenvalue weighted by Crippen LogP contribution is 2.37. The summed E-state index contributed by atoms with van der Waals surface area (Å²) >= 11 is 0. The number of rotatable bonds is 6. The van der Waals surface area contributed by atoms with E-state index in [9.17, 15) is 5.11 Å². The van der Waals surface area contributed by atoms with Gasteiger partial charge in [-0.25, -0.2) is 0 Å². The van der Waals surface area contributed by atoms with E-state index in [1.54, 1.807) is 0 Å². The van der Waals surface area contributed by atoms with E-state index in [1.807, 2.05) is 0 Å². The van der Waals surface area contributed by atoms with E-state index in [-0.39, 0.29) is 12.4 Å². The smallest absolute Gasteiger partial charge is 0.144 e. The van der Waals surface area contributed by atoms with Crippen molar-refractivity contribution in [2.24, 2.45) is 5.92 Å². The van der Waals surface area contributed by atoms with Gasteiger partial charge >= 0.3 is 0 Å². The predicted molar refractivity (Wildman–Crippen MR) is 124 cm³/mol. The monoisotopic (exact) mass is 413 g/mol. The van der Waals surface area contributed by atoms with Crippen LogP contribution in [0.4, 0.5) is 0 Å². The first-order valence-corrected chi connectivity index (χ1v) is 11.4. The van der Waals surface area contributed by atoms with Crippen LogP contribution in [0.25, 0.3) is 11.1 Å². The van der Waals surface area contributed by atoms with Crippen molar-refractivity contribution in [3.05, 3.63) is 60.2 Å². The molecule has 2 fully saturated rings. The van der Waals surface area contributed by atoms with Crippen LogP contribution in [0, 0.1) is 5.92 Å². The van der Waals surface area contributed by atoms with E-state index in [0.29, 0.717) is 0 Å². The molecule has 0 aromatic heterocycles. The first-order valence-electron chi connectivity index (χ1n) is 11.4. The van der Waals surface area contributed by atoms with Crippen LogP contribution in [0.2, 0.25) is 0 Å². The van der Waals surface area contributed by atoms with Crippen LogP contribution in [-0.2, 0) is 5.72 Å². The van der Waals surface area contributed by atoms with Crippen molar-refractivity contribution in [2.75, 3.05) is 13.1 Å².